The molecule has 0 unspecified atom stereocenters. The minimum atomic E-state index is -0.814. The first-order chi connectivity index (χ1) is 14.9. The number of hydrogen-bond acceptors (Lipinski definition) is 5. The van der Waals surface area contributed by atoms with Gasteiger partial charge in [-0.2, -0.15) is 0 Å². The van der Waals surface area contributed by atoms with E-state index in [0.717, 1.165) is 49.5 Å². The van der Waals surface area contributed by atoms with E-state index in [1.807, 2.05) is 17.0 Å². The summed E-state index contributed by atoms with van der Waals surface area (Å²) in [7, 11) is 0. The first-order valence-electron chi connectivity index (χ1n) is 11.2. The lowest BCUT2D eigenvalue weighted by Crippen LogP contribution is -2.52. The van der Waals surface area contributed by atoms with Crippen LogP contribution in [0.1, 0.15) is 32.3 Å². The fourth-order valence-electron chi connectivity index (χ4n) is 6.22. The van der Waals surface area contributed by atoms with Gasteiger partial charge in [0.2, 0.25) is 12.7 Å². The second-order valence-electron chi connectivity index (χ2n) is 9.42. The van der Waals surface area contributed by atoms with Gasteiger partial charge in [-0.15, -0.1) is 0 Å². The van der Waals surface area contributed by atoms with Crippen molar-refractivity contribution in [3.63, 3.8) is 0 Å². The molecule has 166 valence electrons. The molecule has 1 aromatic carbocycles. The molecule has 4 aliphatic rings. The summed E-state index contributed by atoms with van der Waals surface area (Å²) in [6, 6.07) is 6.02. The zero-order chi connectivity index (χ0) is 21.7. The van der Waals surface area contributed by atoms with Gasteiger partial charge in [0.05, 0.1) is 11.8 Å². The van der Waals surface area contributed by atoms with E-state index in [9.17, 15) is 14.7 Å². The number of carboxylic acids is 1. The molecular weight excluding hydrogens is 396 g/mol. The fraction of sp³-hybridized carbons (Fsp3) is 0.583. The summed E-state index contributed by atoms with van der Waals surface area (Å²) < 4.78 is 10.8. The average molecular weight is 427 g/mol. The van der Waals surface area contributed by atoms with Gasteiger partial charge in [-0.05, 0) is 56.2 Å². The maximum atomic E-state index is 13.5. The van der Waals surface area contributed by atoms with Crippen LogP contribution in [-0.4, -0.2) is 59.8 Å². The molecule has 1 aromatic rings. The standard InChI is InChI=1S/C24H30N2O5/c1-14(2)20-16-4-5-17(20)22(24(28)29)21(16)23(27)26-9-7-25(8-10-26)12-15-3-6-18-19(11-15)31-13-30-18/h3,6,11,16-17,21-22H,4-5,7-10,12-13H2,1-2H3,(H,28,29)/t16-,17-,21-,22+/m1/s1. The molecule has 2 saturated carbocycles. The Hall–Kier alpha value is -2.54. The Labute approximate surface area is 182 Å². The third-order valence-electron chi connectivity index (χ3n) is 7.52. The SMILES string of the molecule is CC(C)=C1[C@H]2CC[C@H]1[C@@H](C(=O)N1CCN(Cc3ccc4c(c3)OCO4)CC1)[C@H]2C(=O)O. The number of benzene rings is 1. The fourth-order valence-corrected chi connectivity index (χ4v) is 6.22. The van der Waals surface area contributed by atoms with Crippen molar-refractivity contribution < 1.29 is 24.2 Å². The van der Waals surface area contributed by atoms with Gasteiger partial charge in [0, 0.05) is 32.7 Å². The van der Waals surface area contributed by atoms with Crippen molar-refractivity contribution in [1.29, 1.82) is 0 Å². The van der Waals surface area contributed by atoms with Crippen molar-refractivity contribution in [1.82, 2.24) is 9.80 Å². The number of carboxylic acid groups (broad SMARTS) is 1. The summed E-state index contributed by atoms with van der Waals surface area (Å²) in [5.74, 6) is -0.0219. The van der Waals surface area contributed by atoms with Gasteiger partial charge in [0.15, 0.2) is 11.5 Å². The molecule has 2 aliphatic carbocycles. The highest BCUT2D eigenvalue weighted by Gasteiger charge is 2.58. The van der Waals surface area contributed by atoms with Crippen LogP contribution >= 0.6 is 0 Å². The Morgan fingerprint density at radius 1 is 1.00 bits per heavy atom. The monoisotopic (exact) mass is 426 g/mol. The lowest BCUT2D eigenvalue weighted by molar-refractivity contribution is -0.153. The van der Waals surface area contributed by atoms with Crippen LogP contribution in [0.2, 0.25) is 0 Å². The Bertz CT molecular complexity index is 930. The van der Waals surface area contributed by atoms with Gasteiger partial charge < -0.3 is 19.5 Å². The number of carbonyl (C=O) groups excluding carboxylic acids is 1. The zero-order valence-electron chi connectivity index (χ0n) is 18.2. The first kappa shape index (κ1) is 20.4. The van der Waals surface area contributed by atoms with Crippen LogP contribution in [0.4, 0.5) is 0 Å². The number of nitrogens with zero attached hydrogens (tertiary/aromatic N) is 2. The summed E-state index contributed by atoms with van der Waals surface area (Å²) in [5.41, 5.74) is 3.60. The Kier molecular flexibility index (Phi) is 5.16. The summed E-state index contributed by atoms with van der Waals surface area (Å²) in [4.78, 5) is 29.8. The minimum absolute atomic E-state index is 0.0359. The van der Waals surface area contributed by atoms with Crippen molar-refractivity contribution >= 4 is 11.9 Å². The van der Waals surface area contributed by atoms with E-state index >= 15 is 0 Å². The van der Waals surface area contributed by atoms with Crippen molar-refractivity contribution in [2.24, 2.45) is 23.7 Å². The molecule has 5 rings (SSSR count). The predicted octanol–water partition coefficient (Wildman–Crippen LogP) is 2.75. The Morgan fingerprint density at radius 3 is 2.35 bits per heavy atom. The normalized spacial score (nSPS) is 29.5. The van der Waals surface area contributed by atoms with E-state index in [1.165, 1.54) is 11.1 Å². The highest BCUT2D eigenvalue weighted by molar-refractivity contribution is 5.87. The third-order valence-corrected chi connectivity index (χ3v) is 7.52. The number of amides is 1. The van der Waals surface area contributed by atoms with Gasteiger partial charge in [0.25, 0.3) is 0 Å². The number of ether oxygens (including phenoxy) is 2. The minimum Gasteiger partial charge on any atom is -0.481 e. The second kappa shape index (κ2) is 7.86. The molecule has 0 aromatic heterocycles. The molecule has 1 N–H and O–H groups in total. The zero-order valence-corrected chi connectivity index (χ0v) is 18.2. The van der Waals surface area contributed by atoms with E-state index < -0.39 is 17.8 Å². The van der Waals surface area contributed by atoms with Crippen molar-refractivity contribution in [2.45, 2.75) is 33.2 Å². The van der Waals surface area contributed by atoms with E-state index in [0.29, 0.717) is 13.1 Å². The summed E-state index contributed by atoms with van der Waals surface area (Å²) in [5, 5.41) is 9.90. The Morgan fingerprint density at radius 2 is 1.68 bits per heavy atom. The molecule has 0 radical (unpaired) electrons. The van der Waals surface area contributed by atoms with Gasteiger partial charge in [-0.25, -0.2) is 0 Å². The van der Waals surface area contributed by atoms with Crippen LogP contribution in [-0.2, 0) is 16.1 Å². The van der Waals surface area contributed by atoms with E-state index in [4.69, 9.17) is 9.47 Å². The molecule has 7 nitrogen and oxygen atoms in total. The maximum absolute atomic E-state index is 13.5. The van der Waals surface area contributed by atoms with Crippen molar-refractivity contribution in [2.75, 3.05) is 33.0 Å². The maximum Gasteiger partial charge on any atom is 0.307 e. The molecule has 1 saturated heterocycles. The number of rotatable bonds is 4. The molecule has 31 heavy (non-hydrogen) atoms. The van der Waals surface area contributed by atoms with Crippen molar-refractivity contribution in [3.8, 4) is 11.5 Å². The van der Waals surface area contributed by atoms with Crippen LogP contribution < -0.4 is 9.47 Å². The molecule has 2 aliphatic heterocycles. The van der Waals surface area contributed by atoms with E-state index in [-0.39, 0.29) is 24.5 Å². The summed E-state index contributed by atoms with van der Waals surface area (Å²) in [6.45, 7) is 8.05. The summed E-state index contributed by atoms with van der Waals surface area (Å²) in [6.07, 6.45) is 1.84. The van der Waals surface area contributed by atoms with Crippen LogP contribution in [0.5, 0.6) is 11.5 Å². The van der Waals surface area contributed by atoms with Crippen LogP contribution in [0.3, 0.4) is 0 Å². The lowest BCUT2D eigenvalue weighted by atomic mass is 9.78. The number of fused-ring (bicyclic) bond motifs is 3. The second-order valence-corrected chi connectivity index (χ2v) is 9.42. The quantitative estimate of drug-likeness (QED) is 0.746. The molecule has 3 fully saturated rings. The van der Waals surface area contributed by atoms with Crippen LogP contribution in [0.15, 0.2) is 29.3 Å². The molecule has 7 heteroatoms. The first-order valence-corrected chi connectivity index (χ1v) is 11.2. The number of carbonyl (C=O) groups is 2. The van der Waals surface area contributed by atoms with Gasteiger partial charge in [-0.3, -0.25) is 14.5 Å². The number of piperazine rings is 1. The number of hydrogen-bond donors (Lipinski definition) is 1. The van der Waals surface area contributed by atoms with Crippen molar-refractivity contribution in [3.05, 3.63) is 34.9 Å². The topological polar surface area (TPSA) is 79.3 Å². The largest absolute Gasteiger partial charge is 0.481 e. The molecular formula is C24H30N2O5. The third kappa shape index (κ3) is 3.49. The number of allylic oxidation sites excluding steroid dienone is 2. The van der Waals surface area contributed by atoms with Gasteiger partial charge in [0.1, 0.15) is 0 Å². The highest BCUT2D eigenvalue weighted by Crippen LogP contribution is 2.57. The van der Waals surface area contributed by atoms with Gasteiger partial charge in [-0.1, -0.05) is 17.2 Å². The van der Waals surface area contributed by atoms with Crippen LogP contribution in [0, 0.1) is 23.7 Å². The lowest BCUT2D eigenvalue weighted by Gasteiger charge is -2.38. The highest BCUT2D eigenvalue weighted by atomic mass is 16.7. The molecule has 1 amide bonds. The molecule has 2 bridgehead atoms. The van der Waals surface area contributed by atoms with E-state index in [2.05, 4.69) is 24.8 Å². The Balaban J connectivity index is 1.24. The van der Waals surface area contributed by atoms with Crippen LogP contribution in [0.25, 0.3) is 0 Å². The smallest absolute Gasteiger partial charge is 0.307 e. The van der Waals surface area contributed by atoms with Gasteiger partial charge >= 0.3 is 5.97 Å². The molecule has 2 heterocycles. The predicted molar refractivity (Wildman–Crippen MR) is 114 cm³/mol. The summed E-state index contributed by atoms with van der Waals surface area (Å²) >= 11 is 0. The molecule has 4 atom stereocenters. The van der Waals surface area contributed by atoms with E-state index in [1.54, 1.807) is 0 Å². The molecule has 0 spiro atoms. The average Bonchev–Trinajstić information content (AvgIpc) is 3.46. The number of aliphatic carboxylic acids is 1.